The largest absolute Gasteiger partial charge is 2.00 e. The van der Waals surface area contributed by atoms with E-state index in [1.807, 2.05) is 0 Å². The van der Waals surface area contributed by atoms with Gasteiger partial charge >= 0.3 is 35.0 Å². The second-order valence-corrected chi connectivity index (χ2v) is 5.62. The van der Waals surface area contributed by atoms with Gasteiger partial charge in [-0.05, 0) is 0 Å². The minimum atomic E-state index is -1.50. The van der Waals surface area contributed by atoms with Crippen LogP contribution in [0.4, 0.5) is 0 Å². The Kier molecular flexibility index (Phi) is 14.7. The summed E-state index contributed by atoms with van der Waals surface area (Å²) >= 11 is 0. The van der Waals surface area contributed by atoms with Crippen LogP contribution in [-0.4, -0.2) is 119 Å². The fourth-order valence-corrected chi connectivity index (χ4v) is 2.20. The zero-order chi connectivity index (χ0) is 21.0. The summed E-state index contributed by atoms with van der Waals surface area (Å²) in [6.07, 6.45) is 0. The first kappa shape index (κ1) is 28.0. The molecule has 13 nitrogen and oxygen atoms in total. The molecule has 28 heavy (non-hydrogen) atoms. The molecule has 0 heterocycles. The van der Waals surface area contributed by atoms with E-state index in [0.717, 1.165) is 9.80 Å². The van der Waals surface area contributed by atoms with Crippen molar-refractivity contribution in [3.8, 4) is 0 Å². The van der Waals surface area contributed by atoms with E-state index in [1.54, 1.807) is 0 Å². The molecule has 0 aliphatic carbocycles. The molecule has 0 atom stereocenters. The van der Waals surface area contributed by atoms with E-state index in [4.69, 9.17) is 15.3 Å². The third kappa shape index (κ3) is 16.0. The van der Waals surface area contributed by atoms with Gasteiger partial charge in [0.1, 0.15) is 0 Å². The van der Waals surface area contributed by atoms with Gasteiger partial charge in [0.15, 0.2) is 0 Å². The first-order valence-corrected chi connectivity index (χ1v) is 7.71. The van der Waals surface area contributed by atoms with E-state index >= 15 is 0 Å². The van der Waals surface area contributed by atoms with Crippen molar-refractivity contribution in [1.29, 1.82) is 0 Å². The maximum absolute atomic E-state index is 10.9. The standard InChI is InChI=1S/C14H23N3O10.Cu/c18-10(19)5-15(1-3-16(6-11(20)21)7-12(22)23)2-4-17(8-13(24)25)9-14(26)27;/h1-9H2,(H,18,19)(H,20,21)(H,22,23)(H,24,25)(H,26,27);/q;+2/p-2. The van der Waals surface area contributed by atoms with Gasteiger partial charge in [0.25, 0.3) is 0 Å². The van der Waals surface area contributed by atoms with Gasteiger partial charge in [-0.25, -0.2) is 0 Å². The van der Waals surface area contributed by atoms with E-state index in [9.17, 15) is 34.2 Å². The quantitative estimate of drug-likeness (QED) is 0.187. The first-order chi connectivity index (χ1) is 12.5. The molecule has 0 fully saturated rings. The molecule has 0 aliphatic heterocycles. The molecule has 3 N–H and O–H groups in total. The molecule has 0 unspecified atom stereocenters. The van der Waals surface area contributed by atoms with Crippen molar-refractivity contribution in [1.82, 2.24) is 14.7 Å². The van der Waals surface area contributed by atoms with Crippen molar-refractivity contribution < 1.29 is 66.6 Å². The fourth-order valence-electron chi connectivity index (χ4n) is 2.20. The summed E-state index contributed by atoms with van der Waals surface area (Å²) in [5.74, 6) is -6.76. The summed E-state index contributed by atoms with van der Waals surface area (Å²) in [6.45, 7) is -3.29. The predicted octanol–water partition coefficient (Wildman–Crippen LogP) is -5.36. The van der Waals surface area contributed by atoms with Crippen LogP contribution < -0.4 is 10.2 Å². The van der Waals surface area contributed by atoms with E-state index in [2.05, 4.69) is 0 Å². The van der Waals surface area contributed by atoms with Gasteiger partial charge in [0.05, 0.1) is 31.6 Å². The minimum absolute atomic E-state index is 0. The Bertz CT molecular complexity index is 487. The van der Waals surface area contributed by atoms with Gasteiger partial charge in [0, 0.05) is 39.3 Å². The minimum Gasteiger partial charge on any atom is -0.549 e. The molecule has 0 bridgehead atoms. The number of nitrogens with zero attached hydrogens (tertiary/aromatic N) is 3. The van der Waals surface area contributed by atoms with Crippen LogP contribution in [0.5, 0.6) is 0 Å². The second kappa shape index (κ2) is 14.8. The van der Waals surface area contributed by atoms with E-state index in [0.29, 0.717) is 0 Å². The molecule has 163 valence electrons. The monoisotopic (exact) mass is 454 g/mol. The van der Waals surface area contributed by atoms with Crippen molar-refractivity contribution >= 4 is 29.8 Å². The van der Waals surface area contributed by atoms with E-state index in [-0.39, 0.29) is 43.2 Å². The Morgan fingerprint density at radius 1 is 0.536 bits per heavy atom. The SMILES string of the molecule is O=C([O-])CN(CCN(CCN(CC(=O)[O-])CC(=O)O)CC(=O)O)CC(=O)O.[Cu+2]. The summed E-state index contributed by atoms with van der Waals surface area (Å²) in [7, 11) is 0. The predicted molar refractivity (Wildman–Crippen MR) is 82.2 cm³/mol. The molecule has 14 heteroatoms. The third-order valence-electron chi connectivity index (χ3n) is 3.25. The Hall–Kier alpha value is -2.25. The molecule has 0 amide bonds. The Morgan fingerprint density at radius 2 is 0.786 bits per heavy atom. The molecule has 0 spiro atoms. The summed E-state index contributed by atoms with van der Waals surface area (Å²) in [5.41, 5.74) is 0. The maximum atomic E-state index is 10.9. The van der Waals surface area contributed by atoms with Gasteiger partial charge in [-0.1, -0.05) is 0 Å². The number of carboxylic acids is 5. The van der Waals surface area contributed by atoms with Crippen LogP contribution in [-0.2, 0) is 41.0 Å². The Balaban J connectivity index is 0. The van der Waals surface area contributed by atoms with Gasteiger partial charge in [0.2, 0.25) is 0 Å². The van der Waals surface area contributed by atoms with Crippen molar-refractivity contribution in [3.05, 3.63) is 0 Å². The molecular weight excluding hydrogens is 434 g/mol. The normalized spacial score (nSPS) is 10.7. The molecule has 0 saturated heterocycles. The van der Waals surface area contributed by atoms with Crippen LogP contribution in [0.3, 0.4) is 0 Å². The Labute approximate surface area is 170 Å². The number of carbonyl (C=O) groups is 5. The fraction of sp³-hybridized carbons (Fsp3) is 0.643. The molecule has 0 rings (SSSR count). The third-order valence-corrected chi connectivity index (χ3v) is 3.25. The molecule has 0 saturated carbocycles. The van der Waals surface area contributed by atoms with Gasteiger partial charge in [-0.2, -0.15) is 0 Å². The molecule has 0 aromatic carbocycles. The van der Waals surface area contributed by atoms with Crippen LogP contribution in [0.1, 0.15) is 0 Å². The first-order valence-electron chi connectivity index (χ1n) is 7.71. The van der Waals surface area contributed by atoms with Crippen molar-refractivity contribution in [2.75, 3.05) is 58.9 Å². The summed E-state index contributed by atoms with van der Waals surface area (Å²) in [5, 5.41) is 47.8. The van der Waals surface area contributed by atoms with Crippen molar-refractivity contribution in [2.24, 2.45) is 0 Å². The number of aliphatic carboxylic acids is 5. The summed E-state index contributed by atoms with van der Waals surface area (Å²) < 4.78 is 0. The summed E-state index contributed by atoms with van der Waals surface area (Å²) in [6, 6.07) is 0. The zero-order valence-electron chi connectivity index (χ0n) is 14.7. The number of carbonyl (C=O) groups excluding carboxylic acids is 2. The van der Waals surface area contributed by atoms with Crippen LogP contribution in [0.25, 0.3) is 0 Å². The smallest absolute Gasteiger partial charge is 0.549 e. The number of rotatable bonds is 16. The number of hydrogen-bond donors (Lipinski definition) is 3. The molecule has 0 aliphatic rings. The van der Waals surface area contributed by atoms with Gasteiger partial charge in [-0.15, -0.1) is 0 Å². The topological polar surface area (TPSA) is 202 Å². The zero-order valence-corrected chi connectivity index (χ0v) is 15.6. The average Bonchev–Trinajstić information content (AvgIpc) is 2.46. The number of hydrogen-bond acceptors (Lipinski definition) is 10. The van der Waals surface area contributed by atoms with Crippen molar-refractivity contribution in [3.63, 3.8) is 0 Å². The number of carboxylic acid groups (broad SMARTS) is 5. The van der Waals surface area contributed by atoms with Crippen molar-refractivity contribution in [2.45, 2.75) is 0 Å². The molecule has 1 radical (unpaired) electrons. The second-order valence-electron chi connectivity index (χ2n) is 5.62. The molecule has 0 aromatic heterocycles. The van der Waals surface area contributed by atoms with Crippen LogP contribution in [0, 0.1) is 0 Å². The van der Waals surface area contributed by atoms with Gasteiger partial charge in [-0.3, -0.25) is 29.1 Å². The van der Waals surface area contributed by atoms with Crippen LogP contribution >= 0.6 is 0 Å². The van der Waals surface area contributed by atoms with E-state index < -0.39 is 62.6 Å². The molecule has 0 aromatic rings. The maximum Gasteiger partial charge on any atom is 2.00 e. The van der Waals surface area contributed by atoms with Crippen LogP contribution in [0.2, 0.25) is 0 Å². The molecular formula is C14H21CuN3O10. The summed E-state index contributed by atoms with van der Waals surface area (Å²) in [4.78, 5) is 57.1. The Morgan fingerprint density at radius 3 is 1.04 bits per heavy atom. The van der Waals surface area contributed by atoms with Crippen LogP contribution in [0.15, 0.2) is 0 Å². The van der Waals surface area contributed by atoms with E-state index in [1.165, 1.54) is 4.90 Å². The average molecular weight is 455 g/mol. The van der Waals surface area contributed by atoms with Gasteiger partial charge < -0.3 is 35.1 Å².